The molecule has 0 unspecified atom stereocenters. The molecule has 8 nitrogen and oxygen atoms in total. The largest absolute Gasteiger partial charge is 0.497 e. The van der Waals surface area contributed by atoms with Crippen molar-refractivity contribution < 1.29 is 19.1 Å². The van der Waals surface area contributed by atoms with Crippen LogP contribution in [0.5, 0.6) is 5.75 Å². The fraction of sp³-hybridized carbons (Fsp3) is 0.318. The highest BCUT2D eigenvalue weighted by atomic mass is 16.5. The average Bonchev–Trinajstić information content (AvgIpc) is 2.96. The van der Waals surface area contributed by atoms with Gasteiger partial charge in [-0.15, -0.1) is 0 Å². The van der Waals surface area contributed by atoms with Crippen LogP contribution in [0.25, 0.3) is 0 Å². The molecule has 0 bridgehead atoms. The summed E-state index contributed by atoms with van der Waals surface area (Å²) in [5, 5.41) is 5.45. The molecule has 1 fully saturated rings. The van der Waals surface area contributed by atoms with E-state index < -0.39 is 23.4 Å². The van der Waals surface area contributed by atoms with Gasteiger partial charge in [0, 0.05) is 26.3 Å². The maximum absolute atomic E-state index is 12.9. The van der Waals surface area contributed by atoms with Crippen LogP contribution < -0.4 is 20.3 Å². The zero-order valence-corrected chi connectivity index (χ0v) is 17.6. The van der Waals surface area contributed by atoms with Crippen molar-refractivity contribution in [3.05, 3.63) is 59.7 Å². The van der Waals surface area contributed by atoms with Crippen molar-refractivity contribution in [2.75, 3.05) is 32.6 Å². The molecule has 0 spiro atoms. The number of carbonyl (C=O) groups excluding carboxylic acids is 3. The molecule has 1 heterocycles. The van der Waals surface area contributed by atoms with Crippen molar-refractivity contribution in [2.24, 2.45) is 0 Å². The third-order valence-corrected chi connectivity index (χ3v) is 5.19. The maximum atomic E-state index is 12.9. The van der Waals surface area contributed by atoms with Gasteiger partial charge in [0.05, 0.1) is 7.11 Å². The summed E-state index contributed by atoms with van der Waals surface area (Å²) in [7, 11) is 5.46. The molecule has 2 aromatic carbocycles. The Labute approximate surface area is 175 Å². The smallest absolute Gasteiger partial charge is 0.325 e. The fourth-order valence-electron chi connectivity index (χ4n) is 3.27. The number of ether oxygens (including phenoxy) is 1. The molecule has 1 aliphatic rings. The number of imide groups is 1. The first-order valence-electron chi connectivity index (χ1n) is 9.56. The molecule has 0 aromatic heterocycles. The van der Waals surface area contributed by atoms with Crippen molar-refractivity contribution in [1.82, 2.24) is 15.5 Å². The van der Waals surface area contributed by atoms with E-state index in [1.54, 1.807) is 38.3 Å². The van der Waals surface area contributed by atoms with Gasteiger partial charge in [-0.05, 0) is 42.3 Å². The predicted molar refractivity (Wildman–Crippen MR) is 113 cm³/mol. The van der Waals surface area contributed by atoms with Gasteiger partial charge in [-0.2, -0.15) is 0 Å². The van der Waals surface area contributed by atoms with Crippen LogP contribution in [0.15, 0.2) is 48.5 Å². The van der Waals surface area contributed by atoms with E-state index in [4.69, 9.17) is 4.74 Å². The van der Waals surface area contributed by atoms with Crippen LogP contribution in [-0.4, -0.2) is 50.5 Å². The van der Waals surface area contributed by atoms with E-state index in [2.05, 4.69) is 10.6 Å². The number of methoxy groups -OCH3 is 1. The van der Waals surface area contributed by atoms with Gasteiger partial charge in [-0.3, -0.25) is 14.5 Å². The standard InChI is InChI=1S/C22H26N4O4/c1-22(16-7-11-18(30-4)12-8-16)20(28)26(21(29)24-22)14-19(27)23-13-15-5-9-17(10-6-15)25(2)3/h5-12H,13-14H2,1-4H3,(H,23,27)(H,24,29)/t22-/m0/s1. The van der Waals surface area contributed by atoms with Crippen molar-refractivity contribution in [3.63, 3.8) is 0 Å². The van der Waals surface area contributed by atoms with Gasteiger partial charge in [0.15, 0.2) is 0 Å². The summed E-state index contributed by atoms with van der Waals surface area (Å²) >= 11 is 0. The summed E-state index contributed by atoms with van der Waals surface area (Å²) in [4.78, 5) is 40.6. The highest BCUT2D eigenvalue weighted by molar-refractivity contribution is 6.09. The number of carbonyl (C=O) groups is 3. The molecule has 0 aliphatic carbocycles. The second kappa shape index (κ2) is 8.44. The van der Waals surface area contributed by atoms with Gasteiger partial charge in [-0.1, -0.05) is 24.3 Å². The molecular formula is C22H26N4O4. The molecule has 8 heteroatoms. The van der Waals surface area contributed by atoms with E-state index in [1.165, 1.54) is 0 Å². The monoisotopic (exact) mass is 410 g/mol. The molecule has 30 heavy (non-hydrogen) atoms. The normalized spacial score (nSPS) is 18.2. The van der Waals surface area contributed by atoms with E-state index in [-0.39, 0.29) is 6.54 Å². The minimum absolute atomic E-state index is 0.311. The third-order valence-electron chi connectivity index (χ3n) is 5.19. The first-order chi connectivity index (χ1) is 14.2. The highest BCUT2D eigenvalue weighted by Crippen LogP contribution is 2.29. The number of hydrogen-bond acceptors (Lipinski definition) is 5. The Morgan fingerprint density at radius 2 is 1.73 bits per heavy atom. The highest BCUT2D eigenvalue weighted by Gasteiger charge is 2.49. The first kappa shape index (κ1) is 21.2. The number of benzene rings is 2. The second-order valence-corrected chi connectivity index (χ2v) is 7.51. The van der Waals surface area contributed by atoms with Gasteiger partial charge in [-0.25, -0.2) is 4.79 Å². The second-order valence-electron chi connectivity index (χ2n) is 7.51. The van der Waals surface area contributed by atoms with Crippen LogP contribution in [0.1, 0.15) is 18.1 Å². The minimum atomic E-state index is -1.23. The van der Waals surface area contributed by atoms with Gasteiger partial charge in [0.25, 0.3) is 5.91 Å². The number of rotatable bonds is 7. The summed E-state index contributed by atoms with van der Waals surface area (Å²) in [5.74, 6) is -0.230. The minimum Gasteiger partial charge on any atom is -0.497 e. The van der Waals surface area contributed by atoms with Gasteiger partial charge in [0.2, 0.25) is 5.91 Å². The van der Waals surface area contributed by atoms with Crippen molar-refractivity contribution in [1.29, 1.82) is 0 Å². The maximum Gasteiger partial charge on any atom is 0.325 e. The molecule has 1 aliphatic heterocycles. The lowest BCUT2D eigenvalue weighted by atomic mass is 9.92. The van der Waals surface area contributed by atoms with Crippen LogP contribution in [0.2, 0.25) is 0 Å². The Hall–Kier alpha value is -3.55. The summed E-state index contributed by atoms with van der Waals surface area (Å²) in [5.41, 5.74) is 1.37. The number of amides is 4. The van der Waals surface area contributed by atoms with E-state index in [0.29, 0.717) is 17.9 Å². The zero-order chi connectivity index (χ0) is 21.9. The predicted octanol–water partition coefficient (Wildman–Crippen LogP) is 1.84. The molecule has 2 aromatic rings. The third kappa shape index (κ3) is 4.22. The van der Waals surface area contributed by atoms with E-state index in [0.717, 1.165) is 16.2 Å². The molecule has 0 radical (unpaired) electrons. The lowest BCUT2D eigenvalue weighted by molar-refractivity contribution is -0.134. The van der Waals surface area contributed by atoms with Crippen LogP contribution >= 0.6 is 0 Å². The Balaban J connectivity index is 1.62. The van der Waals surface area contributed by atoms with Crippen LogP contribution in [0.4, 0.5) is 10.5 Å². The summed E-state index contributed by atoms with van der Waals surface area (Å²) in [6.45, 7) is 1.59. The Kier molecular flexibility index (Phi) is 5.96. The average molecular weight is 410 g/mol. The molecule has 1 saturated heterocycles. The van der Waals surface area contributed by atoms with Crippen molar-refractivity contribution in [2.45, 2.75) is 19.0 Å². The topological polar surface area (TPSA) is 91.0 Å². The Morgan fingerprint density at radius 3 is 2.30 bits per heavy atom. The summed E-state index contributed by atoms with van der Waals surface area (Å²) in [6.07, 6.45) is 0. The fourth-order valence-corrected chi connectivity index (χ4v) is 3.27. The van der Waals surface area contributed by atoms with Crippen LogP contribution in [0.3, 0.4) is 0 Å². The number of hydrogen-bond donors (Lipinski definition) is 2. The molecular weight excluding hydrogens is 384 g/mol. The molecule has 2 N–H and O–H groups in total. The van der Waals surface area contributed by atoms with Gasteiger partial charge in [0.1, 0.15) is 17.8 Å². The molecule has 4 amide bonds. The number of nitrogens with one attached hydrogen (secondary N) is 2. The van der Waals surface area contributed by atoms with Crippen molar-refractivity contribution >= 4 is 23.5 Å². The summed E-state index contributed by atoms with van der Waals surface area (Å²) < 4.78 is 5.13. The molecule has 1 atom stereocenters. The van der Waals surface area contributed by atoms with Gasteiger partial charge >= 0.3 is 6.03 Å². The Bertz CT molecular complexity index is 941. The van der Waals surface area contributed by atoms with Gasteiger partial charge < -0.3 is 20.3 Å². The van der Waals surface area contributed by atoms with E-state index in [9.17, 15) is 14.4 Å². The quantitative estimate of drug-likeness (QED) is 0.680. The Morgan fingerprint density at radius 1 is 1.10 bits per heavy atom. The SMILES string of the molecule is COc1ccc([C@]2(C)NC(=O)N(CC(=O)NCc3ccc(N(C)C)cc3)C2=O)cc1. The van der Waals surface area contributed by atoms with Crippen LogP contribution in [-0.2, 0) is 21.7 Å². The van der Waals surface area contributed by atoms with Crippen LogP contribution in [0, 0.1) is 0 Å². The summed E-state index contributed by atoms with van der Waals surface area (Å²) in [6, 6.07) is 14.0. The number of anilines is 1. The molecule has 158 valence electrons. The lowest BCUT2D eigenvalue weighted by Crippen LogP contribution is -2.43. The molecule has 0 saturated carbocycles. The number of urea groups is 1. The van der Waals surface area contributed by atoms with Crippen molar-refractivity contribution in [3.8, 4) is 5.75 Å². The zero-order valence-electron chi connectivity index (χ0n) is 17.6. The lowest BCUT2D eigenvalue weighted by Gasteiger charge is -2.22. The number of nitrogens with zero attached hydrogens (tertiary/aromatic N) is 2. The molecule has 3 rings (SSSR count). The van der Waals surface area contributed by atoms with E-state index >= 15 is 0 Å². The van der Waals surface area contributed by atoms with E-state index in [1.807, 2.05) is 43.3 Å². The first-order valence-corrected chi connectivity index (χ1v) is 9.56.